The van der Waals surface area contributed by atoms with Gasteiger partial charge in [0, 0.05) is 44.2 Å². The lowest BCUT2D eigenvalue weighted by atomic mass is 10.0. The molecule has 10 heteroatoms. The van der Waals surface area contributed by atoms with Crippen LogP contribution in [0.25, 0.3) is 10.9 Å². The second-order valence-corrected chi connectivity index (χ2v) is 11.1. The number of aliphatic imine (C=N–C) groups is 2. The minimum atomic E-state index is -0.212. The monoisotopic (exact) mass is 557 g/mol. The fraction of sp³-hybridized carbons (Fsp3) is 0.419. The third kappa shape index (κ3) is 7.59. The molecule has 218 valence electrons. The van der Waals surface area contributed by atoms with E-state index in [1.54, 1.807) is 0 Å². The first-order valence-electron chi connectivity index (χ1n) is 14.2. The zero-order chi connectivity index (χ0) is 29.5. The van der Waals surface area contributed by atoms with E-state index in [2.05, 4.69) is 36.0 Å². The zero-order valence-electron chi connectivity index (χ0n) is 24.9. The van der Waals surface area contributed by atoms with Crippen LogP contribution in [-0.2, 0) is 11.3 Å². The largest absolute Gasteiger partial charge is 0.342 e. The SMILES string of the molecule is C=C/C(=C1/NC(N2CCC(N)CC2)=NC(=NCc2cccc3ccc(NC(=O)/C=C/CN(C)C)nc23)N1C)C(C)C. The van der Waals surface area contributed by atoms with Crippen LogP contribution in [-0.4, -0.2) is 84.3 Å². The van der Waals surface area contributed by atoms with E-state index >= 15 is 0 Å². The molecule has 0 radical (unpaired) electrons. The molecule has 0 saturated carbocycles. The maximum absolute atomic E-state index is 12.4. The molecular weight excluding hydrogens is 514 g/mol. The lowest BCUT2D eigenvalue weighted by Crippen LogP contribution is -2.53. The van der Waals surface area contributed by atoms with Gasteiger partial charge in [0.1, 0.15) is 11.6 Å². The Bertz CT molecular complexity index is 1380. The van der Waals surface area contributed by atoms with Gasteiger partial charge < -0.3 is 26.2 Å². The zero-order valence-corrected chi connectivity index (χ0v) is 24.9. The first-order valence-corrected chi connectivity index (χ1v) is 14.2. The topological polar surface area (TPSA) is 114 Å². The number of fused-ring (bicyclic) bond motifs is 1. The average molecular weight is 558 g/mol. The molecule has 1 aromatic heterocycles. The predicted octanol–water partition coefficient (Wildman–Crippen LogP) is 3.51. The molecular formula is C31H43N9O. The Morgan fingerprint density at radius 2 is 2.02 bits per heavy atom. The molecule has 2 aromatic rings. The number of hydrogen-bond donors (Lipinski definition) is 3. The molecule has 4 N–H and O–H groups in total. The summed E-state index contributed by atoms with van der Waals surface area (Å²) >= 11 is 0. The summed E-state index contributed by atoms with van der Waals surface area (Å²) in [5.74, 6) is 2.87. The summed E-state index contributed by atoms with van der Waals surface area (Å²) in [5, 5.41) is 7.40. The summed E-state index contributed by atoms with van der Waals surface area (Å²) in [5.41, 5.74) is 8.99. The highest BCUT2D eigenvalue weighted by Gasteiger charge is 2.28. The van der Waals surface area contributed by atoms with Crippen molar-refractivity contribution in [3.63, 3.8) is 0 Å². The summed E-state index contributed by atoms with van der Waals surface area (Å²) in [6, 6.07) is 10.0. The first kappa shape index (κ1) is 30.0. The number of nitrogens with one attached hydrogen (secondary N) is 2. The average Bonchev–Trinajstić information content (AvgIpc) is 2.93. The van der Waals surface area contributed by atoms with Gasteiger partial charge in [0.05, 0.1) is 12.1 Å². The lowest BCUT2D eigenvalue weighted by molar-refractivity contribution is -0.111. The summed E-state index contributed by atoms with van der Waals surface area (Å²) < 4.78 is 0. The second-order valence-electron chi connectivity index (χ2n) is 11.1. The van der Waals surface area contributed by atoms with Crippen molar-refractivity contribution in [2.75, 3.05) is 46.1 Å². The van der Waals surface area contributed by atoms with Crippen molar-refractivity contribution in [3.05, 3.63) is 72.1 Å². The second kappa shape index (κ2) is 13.6. The van der Waals surface area contributed by atoms with E-state index in [0.717, 1.165) is 59.8 Å². The molecule has 1 aromatic carbocycles. The number of amides is 1. The molecule has 1 fully saturated rings. The van der Waals surface area contributed by atoms with E-state index in [4.69, 9.17) is 20.7 Å². The van der Waals surface area contributed by atoms with E-state index in [9.17, 15) is 4.79 Å². The third-order valence-electron chi connectivity index (χ3n) is 7.21. The van der Waals surface area contributed by atoms with Crippen LogP contribution in [0, 0.1) is 5.92 Å². The number of allylic oxidation sites excluding steroid dienone is 2. The number of aromatic nitrogens is 1. The van der Waals surface area contributed by atoms with Crippen molar-refractivity contribution in [1.82, 2.24) is 25.0 Å². The van der Waals surface area contributed by atoms with Crippen molar-refractivity contribution < 1.29 is 4.79 Å². The third-order valence-corrected chi connectivity index (χ3v) is 7.21. The summed E-state index contributed by atoms with van der Waals surface area (Å²) in [7, 11) is 5.88. The Morgan fingerprint density at radius 3 is 2.71 bits per heavy atom. The van der Waals surface area contributed by atoms with Crippen LogP contribution in [0.2, 0.25) is 0 Å². The Labute approximate surface area is 243 Å². The van der Waals surface area contributed by atoms with Crippen LogP contribution >= 0.6 is 0 Å². The number of carbonyl (C=O) groups excluding carboxylic acids is 1. The quantitative estimate of drug-likeness (QED) is 0.426. The summed E-state index contributed by atoms with van der Waals surface area (Å²) in [6.07, 6.45) is 7.09. The fourth-order valence-corrected chi connectivity index (χ4v) is 4.86. The molecule has 0 unspecified atom stereocenters. The number of likely N-dealkylation sites (tertiary alicyclic amines) is 1. The molecule has 1 amide bonds. The van der Waals surface area contributed by atoms with Crippen LogP contribution in [0.1, 0.15) is 32.3 Å². The maximum Gasteiger partial charge on any atom is 0.249 e. The normalized spacial score (nSPS) is 18.8. The fourth-order valence-electron chi connectivity index (χ4n) is 4.86. The maximum atomic E-state index is 12.4. The van der Waals surface area contributed by atoms with Crippen molar-refractivity contribution in [3.8, 4) is 0 Å². The summed E-state index contributed by atoms with van der Waals surface area (Å²) in [4.78, 5) is 33.3. The number of pyridine rings is 1. The Balaban J connectivity index is 1.64. The van der Waals surface area contributed by atoms with Crippen LogP contribution in [0.15, 0.2) is 76.5 Å². The van der Waals surface area contributed by atoms with Crippen LogP contribution in [0.5, 0.6) is 0 Å². The standard InChI is InChI=1S/C31H43N9O/c1-7-25(21(2)3)29-36-31(40-18-15-24(32)16-19-40)37-30(39(29)6)33-20-23-11-8-10-22-13-14-26(35-28(22)23)34-27(41)12-9-17-38(4)5/h7-14,21,24H,1,15-20,32H2,2-6H3,(H,33,36,37)(H,34,35,41)/b12-9+,29-25+. The molecule has 41 heavy (non-hydrogen) atoms. The van der Waals surface area contributed by atoms with Crippen molar-refractivity contribution in [2.45, 2.75) is 39.3 Å². The number of piperidine rings is 1. The van der Waals surface area contributed by atoms with E-state index in [1.807, 2.05) is 73.4 Å². The van der Waals surface area contributed by atoms with Gasteiger partial charge >= 0.3 is 0 Å². The van der Waals surface area contributed by atoms with Gasteiger partial charge in [0.2, 0.25) is 17.8 Å². The summed E-state index contributed by atoms with van der Waals surface area (Å²) in [6.45, 7) is 11.1. The molecule has 10 nitrogen and oxygen atoms in total. The van der Waals surface area contributed by atoms with Gasteiger partial charge in [0.25, 0.3) is 0 Å². The molecule has 0 bridgehead atoms. The predicted molar refractivity (Wildman–Crippen MR) is 168 cm³/mol. The van der Waals surface area contributed by atoms with Crippen LogP contribution in [0.3, 0.4) is 0 Å². The molecule has 2 aliphatic rings. The Morgan fingerprint density at radius 1 is 1.27 bits per heavy atom. The number of nitrogens with two attached hydrogens (primary N) is 1. The highest BCUT2D eigenvalue weighted by Crippen LogP contribution is 2.23. The minimum Gasteiger partial charge on any atom is -0.342 e. The molecule has 0 spiro atoms. The van der Waals surface area contributed by atoms with Crippen molar-refractivity contribution in [2.24, 2.45) is 21.6 Å². The number of likely N-dealkylation sites (N-methyl/N-ethyl adjacent to an activating group) is 1. The number of guanidine groups is 2. The van der Waals surface area contributed by atoms with Gasteiger partial charge in [-0.25, -0.2) is 9.98 Å². The highest BCUT2D eigenvalue weighted by atomic mass is 16.1. The Hall–Kier alpha value is -4.02. The van der Waals surface area contributed by atoms with E-state index in [-0.39, 0.29) is 17.9 Å². The number of carbonyl (C=O) groups is 1. The van der Waals surface area contributed by atoms with Crippen LogP contribution < -0.4 is 16.4 Å². The van der Waals surface area contributed by atoms with Gasteiger partial charge in [-0.2, -0.15) is 4.99 Å². The first-order chi connectivity index (χ1) is 19.7. The number of nitrogens with zero attached hydrogens (tertiary/aromatic N) is 6. The van der Waals surface area contributed by atoms with Crippen LogP contribution in [0.4, 0.5) is 5.82 Å². The Kier molecular flexibility index (Phi) is 9.91. The lowest BCUT2D eigenvalue weighted by Gasteiger charge is -2.38. The number of hydrogen-bond acceptors (Lipinski definition) is 7. The van der Waals surface area contributed by atoms with E-state index in [1.165, 1.54) is 6.08 Å². The molecule has 3 heterocycles. The number of anilines is 1. The van der Waals surface area contributed by atoms with Gasteiger partial charge in [-0.05, 0) is 56.1 Å². The smallest absolute Gasteiger partial charge is 0.249 e. The van der Waals surface area contributed by atoms with E-state index < -0.39 is 0 Å². The van der Waals surface area contributed by atoms with Gasteiger partial charge in [-0.3, -0.25) is 9.69 Å². The molecule has 0 aliphatic carbocycles. The van der Waals surface area contributed by atoms with Gasteiger partial charge in [0.15, 0.2) is 0 Å². The number of benzene rings is 1. The molecule has 1 saturated heterocycles. The minimum absolute atomic E-state index is 0.212. The van der Waals surface area contributed by atoms with Gasteiger partial charge in [-0.15, -0.1) is 0 Å². The number of para-hydroxylation sites is 1. The molecule has 2 aliphatic heterocycles. The number of rotatable bonds is 8. The van der Waals surface area contributed by atoms with Gasteiger partial charge in [-0.1, -0.05) is 50.8 Å². The van der Waals surface area contributed by atoms with Crippen molar-refractivity contribution in [1.29, 1.82) is 0 Å². The highest BCUT2D eigenvalue weighted by molar-refractivity contribution is 6.00. The van der Waals surface area contributed by atoms with Crippen molar-refractivity contribution >= 4 is 34.5 Å². The van der Waals surface area contributed by atoms with E-state index in [0.29, 0.717) is 24.9 Å². The molecule has 0 atom stereocenters. The molecule has 4 rings (SSSR count).